The summed E-state index contributed by atoms with van der Waals surface area (Å²) in [5.74, 6) is 1.19. The van der Waals surface area contributed by atoms with E-state index in [-0.39, 0.29) is 5.60 Å². The Bertz CT molecular complexity index is 750. The number of benzene rings is 2. The van der Waals surface area contributed by atoms with Gasteiger partial charge in [-0.1, -0.05) is 42.5 Å². The van der Waals surface area contributed by atoms with E-state index in [4.69, 9.17) is 9.73 Å². The van der Waals surface area contributed by atoms with Crippen molar-refractivity contribution in [2.24, 2.45) is 10.9 Å². The molecule has 2 aromatic rings. The molecule has 3 nitrogen and oxygen atoms in total. The Kier molecular flexibility index (Phi) is 6.90. The lowest BCUT2D eigenvalue weighted by molar-refractivity contribution is -0.0771. The molecule has 0 radical (unpaired) electrons. The maximum absolute atomic E-state index is 5.96. The van der Waals surface area contributed by atoms with E-state index in [1.54, 1.807) is 0 Å². The lowest BCUT2D eigenvalue weighted by atomic mass is 9.75. The van der Waals surface area contributed by atoms with Gasteiger partial charge >= 0.3 is 0 Å². The summed E-state index contributed by atoms with van der Waals surface area (Å²) in [7, 11) is 4.12. The lowest BCUT2D eigenvalue weighted by Crippen LogP contribution is -2.36. The molecular weight excluding hydrogens is 344 g/mol. The molecule has 0 amide bonds. The Morgan fingerprint density at radius 3 is 2.46 bits per heavy atom. The SMILES string of the molecule is CN(C)c1ccc(C=NCC[C@H](c2ccccc2)[C@H]2CCOC(C)(C)C2)cc1. The van der Waals surface area contributed by atoms with Crippen LogP contribution in [-0.2, 0) is 4.74 Å². The standard InChI is InChI=1S/C25H34N2O/c1-25(2)18-22(15-17-28-25)24(21-8-6-5-7-9-21)14-16-26-19-20-10-12-23(13-11-20)27(3)4/h5-13,19,22,24H,14-18H2,1-4H3/t22-,24+/m0/s1. The van der Waals surface area contributed by atoms with Gasteiger partial charge in [0.25, 0.3) is 0 Å². The highest BCUT2D eigenvalue weighted by Crippen LogP contribution is 2.39. The van der Waals surface area contributed by atoms with Crippen molar-refractivity contribution >= 4 is 11.9 Å². The molecule has 1 fully saturated rings. The van der Waals surface area contributed by atoms with Crippen molar-refractivity contribution in [2.45, 2.75) is 44.6 Å². The van der Waals surface area contributed by atoms with Crippen molar-refractivity contribution in [3.05, 3.63) is 65.7 Å². The molecule has 150 valence electrons. The molecule has 0 aliphatic carbocycles. The smallest absolute Gasteiger partial charge is 0.0629 e. The summed E-state index contributed by atoms with van der Waals surface area (Å²) in [5, 5.41) is 0. The third kappa shape index (κ3) is 5.68. The number of ether oxygens (including phenoxy) is 1. The van der Waals surface area contributed by atoms with E-state index in [1.807, 2.05) is 6.21 Å². The second-order valence-electron chi connectivity index (χ2n) is 8.69. The van der Waals surface area contributed by atoms with Gasteiger partial charge in [0.1, 0.15) is 0 Å². The second kappa shape index (κ2) is 9.38. The molecule has 1 heterocycles. The Labute approximate surface area is 170 Å². The number of rotatable bonds is 7. The molecule has 0 unspecified atom stereocenters. The number of nitrogens with zero attached hydrogens (tertiary/aromatic N) is 2. The summed E-state index contributed by atoms with van der Waals surface area (Å²) in [6, 6.07) is 19.5. The highest BCUT2D eigenvalue weighted by molar-refractivity contribution is 5.80. The maximum atomic E-state index is 5.96. The fourth-order valence-electron chi connectivity index (χ4n) is 4.24. The lowest BCUT2D eigenvalue weighted by Gasteiger charge is -2.39. The summed E-state index contributed by atoms with van der Waals surface area (Å²) in [4.78, 5) is 6.85. The van der Waals surface area contributed by atoms with Crippen molar-refractivity contribution in [2.75, 3.05) is 32.1 Å². The molecule has 1 aliphatic rings. The molecule has 1 saturated heterocycles. The van der Waals surface area contributed by atoms with Gasteiger partial charge in [0, 0.05) is 39.1 Å². The molecule has 0 bridgehead atoms. The van der Waals surface area contributed by atoms with Gasteiger partial charge in [-0.25, -0.2) is 0 Å². The summed E-state index contributed by atoms with van der Waals surface area (Å²) in [6.45, 7) is 6.16. The van der Waals surface area contributed by atoms with E-state index in [0.29, 0.717) is 11.8 Å². The predicted octanol–water partition coefficient (Wildman–Crippen LogP) is 5.55. The summed E-state index contributed by atoms with van der Waals surface area (Å²) < 4.78 is 5.96. The first-order valence-electron chi connectivity index (χ1n) is 10.4. The first-order chi connectivity index (χ1) is 13.4. The molecule has 3 heteroatoms. The van der Waals surface area contributed by atoms with Crippen LogP contribution in [-0.4, -0.2) is 39.1 Å². The van der Waals surface area contributed by atoms with Crippen LogP contribution in [0, 0.1) is 5.92 Å². The molecule has 2 aromatic carbocycles. The van der Waals surface area contributed by atoms with Crippen LogP contribution in [0.3, 0.4) is 0 Å². The predicted molar refractivity (Wildman–Crippen MR) is 120 cm³/mol. The van der Waals surface area contributed by atoms with Crippen LogP contribution in [0.5, 0.6) is 0 Å². The van der Waals surface area contributed by atoms with Crippen LogP contribution < -0.4 is 4.90 Å². The first-order valence-corrected chi connectivity index (χ1v) is 10.4. The zero-order chi connectivity index (χ0) is 20.0. The van der Waals surface area contributed by atoms with Gasteiger partial charge in [-0.3, -0.25) is 4.99 Å². The molecule has 1 aliphatic heterocycles. The minimum absolute atomic E-state index is 0.0204. The Balaban J connectivity index is 1.65. The number of anilines is 1. The van der Waals surface area contributed by atoms with Crippen LogP contribution in [0.25, 0.3) is 0 Å². The zero-order valence-corrected chi connectivity index (χ0v) is 17.8. The highest BCUT2D eigenvalue weighted by Gasteiger charge is 2.33. The fourth-order valence-corrected chi connectivity index (χ4v) is 4.24. The van der Waals surface area contributed by atoms with Gasteiger partial charge in [0.05, 0.1) is 5.60 Å². The Morgan fingerprint density at radius 2 is 1.82 bits per heavy atom. The summed E-state index contributed by atoms with van der Waals surface area (Å²) in [6.07, 6.45) is 5.34. The normalized spacial score (nSPS) is 20.2. The van der Waals surface area contributed by atoms with Gasteiger partial charge in [-0.2, -0.15) is 0 Å². The molecule has 0 spiro atoms. The maximum Gasteiger partial charge on any atom is 0.0629 e. The van der Waals surface area contributed by atoms with Crippen LogP contribution in [0.15, 0.2) is 59.6 Å². The summed E-state index contributed by atoms with van der Waals surface area (Å²) in [5.41, 5.74) is 3.79. The van der Waals surface area contributed by atoms with E-state index < -0.39 is 0 Å². The zero-order valence-electron chi connectivity index (χ0n) is 17.8. The van der Waals surface area contributed by atoms with Crippen LogP contribution >= 0.6 is 0 Å². The Hall–Kier alpha value is -2.13. The average Bonchev–Trinajstić information content (AvgIpc) is 2.68. The fraction of sp³-hybridized carbons (Fsp3) is 0.480. The van der Waals surface area contributed by atoms with Crippen molar-refractivity contribution < 1.29 is 4.74 Å². The molecule has 28 heavy (non-hydrogen) atoms. The van der Waals surface area contributed by atoms with Crippen molar-refractivity contribution in [1.82, 2.24) is 0 Å². The number of hydrogen-bond donors (Lipinski definition) is 0. The van der Waals surface area contributed by atoms with Gasteiger partial charge in [0.2, 0.25) is 0 Å². The second-order valence-corrected chi connectivity index (χ2v) is 8.69. The van der Waals surface area contributed by atoms with Crippen LogP contribution in [0.1, 0.15) is 50.2 Å². The largest absolute Gasteiger partial charge is 0.378 e. The quantitative estimate of drug-likeness (QED) is 0.590. The highest BCUT2D eigenvalue weighted by atomic mass is 16.5. The van der Waals surface area contributed by atoms with Crippen LogP contribution in [0.4, 0.5) is 5.69 Å². The van der Waals surface area contributed by atoms with E-state index in [2.05, 4.69) is 87.4 Å². The minimum Gasteiger partial charge on any atom is -0.378 e. The van der Waals surface area contributed by atoms with Crippen molar-refractivity contribution in [1.29, 1.82) is 0 Å². The average molecular weight is 379 g/mol. The monoisotopic (exact) mass is 378 g/mol. The van der Waals surface area contributed by atoms with Crippen molar-refractivity contribution in [3.63, 3.8) is 0 Å². The van der Waals surface area contributed by atoms with E-state index in [0.717, 1.165) is 38.0 Å². The number of hydrogen-bond acceptors (Lipinski definition) is 3. The number of aliphatic imine (C=N–C) groups is 1. The third-order valence-corrected chi connectivity index (χ3v) is 5.75. The van der Waals surface area contributed by atoms with Gasteiger partial charge < -0.3 is 9.64 Å². The molecule has 0 aromatic heterocycles. The topological polar surface area (TPSA) is 24.8 Å². The molecule has 3 rings (SSSR count). The summed E-state index contributed by atoms with van der Waals surface area (Å²) >= 11 is 0. The molecule has 0 N–H and O–H groups in total. The van der Waals surface area contributed by atoms with Crippen LogP contribution in [0.2, 0.25) is 0 Å². The third-order valence-electron chi connectivity index (χ3n) is 5.75. The van der Waals surface area contributed by atoms with E-state index >= 15 is 0 Å². The first kappa shape index (κ1) is 20.6. The minimum atomic E-state index is -0.0204. The molecule has 0 saturated carbocycles. The molecular formula is C25H34N2O. The van der Waals surface area contributed by atoms with Gasteiger partial charge in [-0.05, 0) is 68.2 Å². The Morgan fingerprint density at radius 1 is 1.11 bits per heavy atom. The van der Waals surface area contributed by atoms with E-state index in [9.17, 15) is 0 Å². The van der Waals surface area contributed by atoms with Gasteiger partial charge in [-0.15, -0.1) is 0 Å². The van der Waals surface area contributed by atoms with Crippen molar-refractivity contribution in [3.8, 4) is 0 Å². The molecule has 2 atom stereocenters. The van der Waals surface area contributed by atoms with Gasteiger partial charge in [0.15, 0.2) is 0 Å². The van der Waals surface area contributed by atoms with E-state index in [1.165, 1.54) is 11.3 Å².